The van der Waals surface area contributed by atoms with Crippen molar-refractivity contribution >= 4 is 35.9 Å². The van der Waals surface area contributed by atoms with Crippen molar-refractivity contribution in [2.24, 2.45) is 4.99 Å². The van der Waals surface area contributed by atoms with Crippen molar-refractivity contribution in [3.8, 4) is 0 Å². The molecule has 1 N–H and O–H groups in total. The Labute approximate surface area is 203 Å². The maximum absolute atomic E-state index is 5.90. The Morgan fingerprint density at radius 1 is 1.06 bits per heavy atom. The molecule has 1 aromatic heterocycles. The highest BCUT2D eigenvalue weighted by Crippen LogP contribution is 2.14. The molecule has 1 aliphatic heterocycles. The van der Waals surface area contributed by atoms with Gasteiger partial charge in [-0.15, -0.1) is 24.0 Å². The number of guanidine groups is 1. The molecule has 3 rings (SSSR count). The van der Waals surface area contributed by atoms with Gasteiger partial charge in [0.15, 0.2) is 5.96 Å². The maximum atomic E-state index is 5.90. The topological polar surface area (TPSA) is 65.9 Å². The Kier molecular flexibility index (Phi) is 9.95. The fraction of sp³-hybridized carbons (Fsp3) is 0.522. The SMILES string of the molecule is CCNC(=NCc1cccc(COC(C)(C)C)c1)N1CCN(c2ncccn2)CC1.I. The third-order valence-corrected chi connectivity index (χ3v) is 4.82. The second-order valence-corrected chi connectivity index (χ2v) is 8.41. The first-order valence-electron chi connectivity index (χ1n) is 10.7. The van der Waals surface area contributed by atoms with Crippen LogP contribution in [0.5, 0.6) is 0 Å². The smallest absolute Gasteiger partial charge is 0.225 e. The first-order chi connectivity index (χ1) is 14.4. The van der Waals surface area contributed by atoms with Crippen LogP contribution >= 0.6 is 24.0 Å². The van der Waals surface area contributed by atoms with Gasteiger partial charge in [-0.2, -0.15) is 0 Å². The molecule has 0 amide bonds. The summed E-state index contributed by atoms with van der Waals surface area (Å²) in [4.78, 5) is 18.2. The largest absolute Gasteiger partial charge is 0.371 e. The first-order valence-corrected chi connectivity index (χ1v) is 10.7. The number of halogens is 1. The summed E-state index contributed by atoms with van der Waals surface area (Å²) in [6.45, 7) is 14.0. The number of hydrogen-bond donors (Lipinski definition) is 1. The maximum Gasteiger partial charge on any atom is 0.225 e. The lowest BCUT2D eigenvalue weighted by molar-refractivity contribution is -0.0149. The number of aromatic nitrogens is 2. The molecule has 0 spiro atoms. The fourth-order valence-electron chi connectivity index (χ4n) is 3.28. The van der Waals surface area contributed by atoms with E-state index in [9.17, 15) is 0 Å². The Bertz CT molecular complexity index is 816. The number of benzene rings is 1. The van der Waals surface area contributed by atoms with E-state index < -0.39 is 0 Å². The van der Waals surface area contributed by atoms with Gasteiger partial charge in [-0.25, -0.2) is 15.0 Å². The van der Waals surface area contributed by atoms with Crippen LogP contribution in [0, 0.1) is 0 Å². The van der Waals surface area contributed by atoms with Gasteiger partial charge in [0.05, 0.1) is 18.8 Å². The molecular formula is C23H35IN6O. The highest BCUT2D eigenvalue weighted by molar-refractivity contribution is 14.0. The second-order valence-electron chi connectivity index (χ2n) is 8.41. The molecule has 0 aliphatic carbocycles. The summed E-state index contributed by atoms with van der Waals surface area (Å²) in [6, 6.07) is 10.3. The highest BCUT2D eigenvalue weighted by Gasteiger charge is 2.21. The zero-order valence-corrected chi connectivity index (χ0v) is 21.4. The van der Waals surface area contributed by atoms with E-state index in [1.807, 2.05) is 6.07 Å². The van der Waals surface area contributed by atoms with Gasteiger partial charge < -0.3 is 19.9 Å². The molecule has 0 bridgehead atoms. The molecule has 8 heteroatoms. The van der Waals surface area contributed by atoms with Gasteiger partial charge in [0.25, 0.3) is 0 Å². The van der Waals surface area contributed by atoms with E-state index in [-0.39, 0.29) is 29.6 Å². The normalized spacial score (nSPS) is 14.9. The monoisotopic (exact) mass is 538 g/mol. The van der Waals surface area contributed by atoms with Crippen LogP contribution in [0.15, 0.2) is 47.7 Å². The molecule has 2 heterocycles. The van der Waals surface area contributed by atoms with Crippen LogP contribution in [0.4, 0.5) is 5.95 Å². The van der Waals surface area contributed by atoms with Gasteiger partial charge in [0.2, 0.25) is 5.95 Å². The average Bonchev–Trinajstić information content (AvgIpc) is 2.76. The van der Waals surface area contributed by atoms with Crippen LogP contribution in [0.1, 0.15) is 38.8 Å². The molecule has 1 aliphatic rings. The van der Waals surface area contributed by atoms with E-state index >= 15 is 0 Å². The van der Waals surface area contributed by atoms with E-state index in [2.05, 4.69) is 77.0 Å². The summed E-state index contributed by atoms with van der Waals surface area (Å²) in [5.74, 6) is 1.76. The molecule has 0 unspecified atom stereocenters. The van der Waals surface area contributed by atoms with Gasteiger partial charge in [-0.1, -0.05) is 24.3 Å². The van der Waals surface area contributed by atoms with Crippen molar-refractivity contribution in [1.82, 2.24) is 20.2 Å². The number of hydrogen-bond acceptors (Lipinski definition) is 5. The van der Waals surface area contributed by atoms with Gasteiger partial charge in [-0.3, -0.25) is 0 Å². The van der Waals surface area contributed by atoms with Crippen LogP contribution in [-0.2, 0) is 17.9 Å². The molecule has 2 aromatic rings. The van der Waals surface area contributed by atoms with Crippen LogP contribution in [0.2, 0.25) is 0 Å². The minimum Gasteiger partial charge on any atom is -0.371 e. The lowest BCUT2D eigenvalue weighted by atomic mass is 10.1. The summed E-state index contributed by atoms with van der Waals surface area (Å²) in [5.41, 5.74) is 2.23. The van der Waals surface area contributed by atoms with Crippen LogP contribution in [0.3, 0.4) is 0 Å². The first kappa shape index (κ1) is 25.3. The average molecular weight is 538 g/mol. The standard InChI is InChI=1S/C23H34N6O.HI/c1-5-24-21(28-12-14-29(15-13-28)22-25-10-7-11-26-22)27-17-19-8-6-9-20(16-19)18-30-23(2,3)4;/h6-11,16H,5,12-15,17-18H2,1-4H3,(H,24,27);1H. The molecule has 1 aromatic carbocycles. The number of nitrogens with one attached hydrogen (secondary N) is 1. The zero-order valence-electron chi connectivity index (χ0n) is 19.0. The van der Waals surface area contributed by atoms with E-state index in [4.69, 9.17) is 9.73 Å². The Morgan fingerprint density at radius 3 is 2.39 bits per heavy atom. The molecule has 170 valence electrons. The third-order valence-electron chi connectivity index (χ3n) is 4.82. The lowest BCUT2D eigenvalue weighted by Gasteiger charge is -2.36. The summed E-state index contributed by atoms with van der Waals surface area (Å²) in [7, 11) is 0. The number of anilines is 1. The molecule has 0 saturated carbocycles. The second kappa shape index (κ2) is 12.2. The van der Waals surface area contributed by atoms with Crippen molar-refractivity contribution in [3.05, 3.63) is 53.9 Å². The third kappa shape index (κ3) is 8.25. The van der Waals surface area contributed by atoms with E-state index in [0.29, 0.717) is 13.2 Å². The van der Waals surface area contributed by atoms with Gasteiger partial charge >= 0.3 is 0 Å². The van der Waals surface area contributed by atoms with Crippen molar-refractivity contribution in [2.75, 3.05) is 37.6 Å². The van der Waals surface area contributed by atoms with Crippen molar-refractivity contribution in [3.63, 3.8) is 0 Å². The van der Waals surface area contributed by atoms with E-state index in [1.165, 1.54) is 11.1 Å². The molecule has 0 atom stereocenters. The zero-order chi connectivity index (χ0) is 21.4. The highest BCUT2D eigenvalue weighted by atomic mass is 127. The predicted octanol–water partition coefficient (Wildman–Crippen LogP) is 3.70. The van der Waals surface area contributed by atoms with Gasteiger partial charge in [-0.05, 0) is 44.9 Å². The van der Waals surface area contributed by atoms with Crippen molar-refractivity contribution in [2.45, 2.75) is 46.4 Å². The molecule has 1 saturated heterocycles. The number of rotatable bonds is 6. The quantitative estimate of drug-likeness (QED) is 0.344. The number of nitrogens with zero attached hydrogens (tertiary/aromatic N) is 5. The molecule has 0 radical (unpaired) electrons. The number of aliphatic imine (C=N–C) groups is 1. The Hall–Kier alpha value is -1.94. The molecule has 31 heavy (non-hydrogen) atoms. The summed E-state index contributed by atoms with van der Waals surface area (Å²) in [6.07, 6.45) is 3.59. The van der Waals surface area contributed by atoms with Crippen molar-refractivity contribution in [1.29, 1.82) is 0 Å². The summed E-state index contributed by atoms with van der Waals surface area (Å²) < 4.78 is 5.90. The summed E-state index contributed by atoms with van der Waals surface area (Å²) >= 11 is 0. The lowest BCUT2D eigenvalue weighted by Crippen LogP contribution is -2.52. The molecular weight excluding hydrogens is 503 g/mol. The molecule has 1 fully saturated rings. The van der Waals surface area contributed by atoms with E-state index in [0.717, 1.165) is 44.6 Å². The minimum absolute atomic E-state index is 0. The Morgan fingerprint density at radius 2 is 1.74 bits per heavy atom. The van der Waals surface area contributed by atoms with Crippen LogP contribution in [-0.4, -0.2) is 59.2 Å². The van der Waals surface area contributed by atoms with Gasteiger partial charge in [0.1, 0.15) is 0 Å². The fourth-order valence-corrected chi connectivity index (χ4v) is 3.28. The minimum atomic E-state index is -0.140. The van der Waals surface area contributed by atoms with Gasteiger partial charge in [0, 0.05) is 45.1 Å². The molecule has 7 nitrogen and oxygen atoms in total. The summed E-state index contributed by atoms with van der Waals surface area (Å²) in [5, 5.41) is 3.44. The van der Waals surface area contributed by atoms with Crippen LogP contribution in [0.25, 0.3) is 0 Å². The number of ether oxygens (including phenoxy) is 1. The number of piperazine rings is 1. The van der Waals surface area contributed by atoms with Crippen LogP contribution < -0.4 is 10.2 Å². The van der Waals surface area contributed by atoms with Crippen molar-refractivity contribution < 1.29 is 4.74 Å². The predicted molar refractivity (Wildman–Crippen MR) is 137 cm³/mol. The Balaban J connectivity index is 0.00000341. The van der Waals surface area contributed by atoms with E-state index in [1.54, 1.807) is 12.4 Å².